The van der Waals surface area contributed by atoms with Crippen LogP contribution in [0.25, 0.3) is 0 Å². The van der Waals surface area contributed by atoms with Crippen molar-refractivity contribution >= 4 is 23.5 Å². The SMILES string of the molecule is Cc1ncc(N2CCN(C(=O)c3cccnc3)CC2)nc1C(=O)Nc1ccccn1. The maximum absolute atomic E-state index is 12.6. The molecular formula is C21H21N7O2. The molecule has 0 radical (unpaired) electrons. The first kappa shape index (κ1) is 19.4. The highest BCUT2D eigenvalue weighted by Gasteiger charge is 2.24. The fourth-order valence-electron chi connectivity index (χ4n) is 3.23. The third kappa shape index (κ3) is 4.24. The van der Waals surface area contributed by atoms with Gasteiger partial charge in [-0.15, -0.1) is 0 Å². The Morgan fingerprint density at radius 1 is 0.967 bits per heavy atom. The minimum absolute atomic E-state index is 0.0341. The van der Waals surface area contributed by atoms with Gasteiger partial charge in [0.2, 0.25) is 0 Å². The van der Waals surface area contributed by atoms with E-state index in [2.05, 4.69) is 25.3 Å². The van der Waals surface area contributed by atoms with Gasteiger partial charge in [0.1, 0.15) is 11.6 Å². The number of aryl methyl sites for hydroxylation is 1. The zero-order valence-corrected chi connectivity index (χ0v) is 16.5. The maximum Gasteiger partial charge on any atom is 0.277 e. The third-order valence-corrected chi connectivity index (χ3v) is 4.86. The van der Waals surface area contributed by atoms with E-state index >= 15 is 0 Å². The van der Waals surface area contributed by atoms with E-state index in [9.17, 15) is 9.59 Å². The summed E-state index contributed by atoms with van der Waals surface area (Å²) in [5.74, 6) is 0.677. The first-order chi connectivity index (χ1) is 14.6. The molecule has 1 saturated heterocycles. The van der Waals surface area contributed by atoms with Crippen LogP contribution in [0.15, 0.2) is 55.1 Å². The van der Waals surface area contributed by atoms with E-state index in [0.29, 0.717) is 49.1 Å². The van der Waals surface area contributed by atoms with Gasteiger partial charge >= 0.3 is 0 Å². The molecule has 0 aromatic carbocycles. The molecule has 1 N–H and O–H groups in total. The number of nitrogens with one attached hydrogen (secondary N) is 1. The van der Waals surface area contributed by atoms with Crippen LogP contribution in [-0.2, 0) is 0 Å². The largest absolute Gasteiger partial charge is 0.352 e. The van der Waals surface area contributed by atoms with Crippen LogP contribution >= 0.6 is 0 Å². The minimum Gasteiger partial charge on any atom is -0.352 e. The van der Waals surface area contributed by atoms with Crippen LogP contribution in [0.3, 0.4) is 0 Å². The highest BCUT2D eigenvalue weighted by Crippen LogP contribution is 2.17. The van der Waals surface area contributed by atoms with Gasteiger partial charge in [0, 0.05) is 44.8 Å². The number of rotatable bonds is 4. The first-order valence-electron chi connectivity index (χ1n) is 9.62. The van der Waals surface area contributed by atoms with Crippen molar-refractivity contribution in [2.45, 2.75) is 6.92 Å². The number of carbonyl (C=O) groups is 2. The molecule has 0 aliphatic carbocycles. The molecule has 0 bridgehead atoms. The number of piperazine rings is 1. The molecule has 1 aliphatic heterocycles. The second-order valence-corrected chi connectivity index (χ2v) is 6.85. The molecule has 0 unspecified atom stereocenters. The van der Waals surface area contributed by atoms with Crippen LogP contribution in [0.2, 0.25) is 0 Å². The standard InChI is InChI=1S/C21H21N7O2/c1-15-19(20(29)25-17-6-2-3-8-23-17)26-18(14-24-15)27-9-11-28(12-10-27)21(30)16-5-4-7-22-13-16/h2-8,13-14H,9-12H2,1H3,(H,23,25,29). The first-order valence-corrected chi connectivity index (χ1v) is 9.62. The summed E-state index contributed by atoms with van der Waals surface area (Å²) >= 11 is 0. The summed E-state index contributed by atoms with van der Waals surface area (Å²) in [5, 5.41) is 2.74. The molecule has 3 aromatic heterocycles. The number of amides is 2. The Labute approximate surface area is 173 Å². The third-order valence-electron chi connectivity index (χ3n) is 4.86. The highest BCUT2D eigenvalue weighted by atomic mass is 16.2. The Morgan fingerprint density at radius 2 is 1.80 bits per heavy atom. The van der Waals surface area contributed by atoms with Crippen LogP contribution < -0.4 is 10.2 Å². The van der Waals surface area contributed by atoms with Crippen molar-refractivity contribution < 1.29 is 9.59 Å². The molecule has 2 amide bonds. The lowest BCUT2D eigenvalue weighted by Crippen LogP contribution is -2.49. The van der Waals surface area contributed by atoms with Gasteiger partial charge in [-0.2, -0.15) is 0 Å². The number of hydrogen-bond acceptors (Lipinski definition) is 7. The molecule has 4 rings (SSSR count). The van der Waals surface area contributed by atoms with Crippen LogP contribution in [0, 0.1) is 6.92 Å². The molecule has 30 heavy (non-hydrogen) atoms. The van der Waals surface area contributed by atoms with Gasteiger partial charge in [-0.05, 0) is 31.2 Å². The Kier molecular flexibility index (Phi) is 5.60. The molecule has 9 heteroatoms. The van der Waals surface area contributed by atoms with Gasteiger partial charge in [0.05, 0.1) is 17.5 Å². The minimum atomic E-state index is -0.356. The molecule has 4 heterocycles. The number of nitrogens with zero attached hydrogens (tertiary/aromatic N) is 6. The molecule has 1 fully saturated rings. The maximum atomic E-state index is 12.6. The number of carbonyl (C=O) groups excluding carboxylic acids is 2. The van der Waals surface area contributed by atoms with Gasteiger partial charge in [-0.3, -0.25) is 19.6 Å². The summed E-state index contributed by atoms with van der Waals surface area (Å²) in [6, 6.07) is 8.80. The Bertz CT molecular complexity index is 1040. The zero-order valence-electron chi connectivity index (χ0n) is 16.5. The number of aromatic nitrogens is 4. The van der Waals surface area contributed by atoms with Crippen molar-refractivity contribution in [2.24, 2.45) is 0 Å². The number of anilines is 2. The fourth-order valence-corrected chi connectivity index (χ4v) is 3.23. The van der Waals surface area contributed by atoms with Crippen LogP contribution in [-0.4, -0.2) is 62.8 Å². The molecule has 152 valence electrons. The molecule has 0 saturated carbocycles. The van der Waals surface area contributed by atoms with Crippen molar-refractivity contribution in [3.05, 3.63) is 72.1 Å². The van der Waals surface area contributed by atoms with Crippen LogP contribution in [0.4, 0.5) is 11.6 Å². The molecular weight excluding hydrogens is 382 g/mol. The van der Waals surface area contributed by atoms with E-state index in [1.165, 1.54) is 0 Å². The second kappa shape index (κ2) is 8.64. The second-order valence-electron chi connectivity index (χ2n) is 6.85. The average molecular weight is 403 g/mol. The van der Waals surface area contributed by atoms with E-state index in [1.807, 2.05) is 4.90 Å². The van der Waals surface area contributed by atoms with Crippen LogP contribution in [0.5, 0.6) is 0 Å². The smallest absolute Gasteiger partial charge is 0.277 e. The van der Waals surface area contributed by atoms with Gasteiger partial charge in [0.15, 0.2) is 5.69 Å². The van der Waals surface area contributed by atoms with E-state index in [0.717, 1.165) is 0 Å². The summed E-state index contributed by atoms with van der Waals surface area (Å²) in [6.07, 6.45) is 6.49. The van der Waals surface area contributed by atoms with Crippen molar-refractivity contribution in [3.8, 4) is 0 Å². The average Bonchev–Trinajstić information content (AvgIpc) is 2.80. The lowest BCUT2D eigenvalue weighted by Gasteiger charge is -2.35. The van der Waals surface area contributed by atoms with E-state index in [1.54, 1.807) is 66.9 Å². The van der Waals surface area contributed by atoms with Gasteiger partial charge in [0.25, 0.3) is 11.8 Å². The number of hydrogen-bond donors (Lipinski definition) is 1. The van der Waals surface area contributed by atoms with E-state index in [-0.39, 0.29) is 17.5 Å². The molecule has 9 nitrogen and oxygen atoms in total. The monoisotopic (exact) mass is 403 g/mol. The van der Waals surface area contributed by atoms with Crippen molar-refractivity contribution in [3.63, 3.8) is 0 Å². The topological polar surface area (TPSA) is 104 Å². The summed E-state index contributed by atoms with van der Waals surface area (Å²) in [5.41, 5.74) is 1.37. The van der Waals surface area contributed by atoms with Crippen molar-refractivity contribution in [1.29, 1.82) is 0 Å². The van der Waals surface area contributed by atoms with E-state index < -0.39 is 0 Å². The summed E-state index contributed by atoms with van der Waals surface area (Å²) in [4.78, 5) is 46.0. The van der Waals surface area contributed by atoms with Gasteiger partial charge in [-0.1, -0.05) is 6.07 Å². The lowest BCUT2D eigenvalue weighted by molar-refractivity contribution is 0.0746. The molecule has 0 atom stereocenters. The molecule has 1 aliphatic rings. The normalized spacial score (nSPS) is 13.8. The highest BCUT2D eigenvalue weighted by molar-refractivity contribution is 6.03. The Balaban J connectivity index is 1.43. The predicted molar refractivity (Wildman–Crippen MR) is 111 cm³/mol. The molecule has 3 aromatic rings. The lowest BCUT2D eigenvalue weighted by atomic mass is 10.2. The van der Waals surface area contributed by atoms with Gasteiger partial charge < -0.3 is 15.1 Å². The van der Waals surface area contributed by atoms with E-state index in [4.69, 9.17) is 0 Å². The van der Waals surface area contributed by atoms with Crippen LogP contribution in [0.1, 0.15) is 26.5 Å². The summed E-state index contributed by atoms with van der Waals surface area (Å²) < 4.78 is 0. The quantitative estimate of drug-likeness (QED) is 0.708. The summed E-state index contributed by atoms with van der Waals surface area (Å²) in [7, 11) is 0. The Hall–Kier alpha value is -3.88. The zero-order chi connectivity index (χ0) is 20.9. The van der Waals surface area contributed by atoms with Crippen molar-refractivity contribution in [1.82, 2.24) is 24.8 Å². The molecule has 0 spiro atoms. The fraction of sp³-hybridized carbons (Fsp3) is 0.238. The number of pyridine rings is 2. The predicted octanol–water partition coefficient (Wildman–Crippen LogP) is 1.79. The summed E-state index contributed by atoms with van der Waals surface area (Å²) in [6.45, 7) is 4.06. The van der Waals surface area contributed by atoms with Gasteiger partial charge in [-0.25, -0.2) is 9.97 Å². The van der Waals surface area contributed by atoms with Crippen molar-refractivity contribution in [2.75, 3.05) is 36.4 Å². The Morgan fingerprint density at radius 3 is 2.50 bits per heavy atom.